The third-order valence-electron chi connectivity index (χ3n) is 2.00. The van der Waals surface area contributed by atoms with Gasteiger partial charge in [-0.2, -0.15) is 4.98 Å². The highest BCUT2D eigenvalue weighted by Crippen LogP contribution is 2.09. The van der Waals surface area contributed by atoms with Crippen LogP contribution in [0, 0.1) is 0 Å². The predicted molar refractivity (Wildman–Crippen MR) is 59.6 cm³/mol. The minimum Gasteiger partial charge on any atom is -0.385 e. The molecule has 3 N–H and O–H groups in total. The summed E-state index contributed by atoms with van der Waals surface area (Å²) in [6.07, 6.45) is 2.63. The largest absolute Gasteiger partial charge is 0.385 e. The molecule has 0 aromatic carbocycles. The minimum atomic E-state index is 0.422. The van der Waals surface area contributed by atoms with E-state index in [1.807, 2.05) is 18.0 Å². The number of methoxy groups -OCH3 is 1. The Morgan fingerprint density at radius 2 is 2.40 bits per heavy atom. The van der Waals surface area contributed by atoms with Crippen molar-refractivity contribution in [1.82, 2.24) is 9.97 Å². The lowest BCUT2D eigenvalue weighted by Gasteiger charge is -2.17. The van der Waals surface area contributed by atoms with Gasteiger partial charge < -0.3 is 9.64 Å². The number of nitrogens with two attached hydrogens (primary N) is 1. The molecule has 0 amide bonds. The normalized spacial score (nSPS) is 10.1. The van der Waals surface area contributed by atoms with Gasteiger partial charge in [0.1, 0.15) is 5.82 Å². The molecule has 0 aliphatic rings. The third kappa shape index (κ3) is 3.69. The maximum atomic E-state index is 5.23. The standard InChI is InChI=1S/C9H17N5O/c1-14(6-3-7-15-2)8-4-5-11-9(12-8)13-10/h4-5H,3,6-7,10H2,1-2H3,(H,11,12,13). The van der Waals surface area contributed by atoms with Crippen LogP contribution in [0.3, 0.4) is 0 Å². The summed E-state index contributed by atoms with van der Waals surface area (Å²) in [7, 11) is 3.67. The van der Waals surface area contributed by atoms with E-state index in [0.29, 0.717) is 5.95 Å². The summed E-state index contributed by atoms with van der Waals surface area (Å²) in [5.74, 6) is 6.49. The summed E-state index contributed by atoms with van der Waals surface area (Å²) in [4.78, 5) is 10.2. The molecule has 15 heavy (non-hydrogen) atoms. The van der Waals surface area contributed by atoms with Crippen molar-refractivity contribution in [3.05, 3.63) is 12.3 Å². The molecule has 84 valence electrons. The van der Waals surface area contributed by atoms with Gasteiger partial charge in [-0.1, -0.05) is 0 Å². The monoisotopic (exact) mass is 211 g/mol. The van der Waals surface area contributed by atoms with Crippen LogP contribution in [-0.2, 0) is 4.74 Å². The van der Waals surface area contributed by atoms with E-state index >= 15 is 0 Å². The number of nitrogen functional groups attached to an aromatic ring is 1. The van der Waals surface area contributed by atoms with Crippen molar-refractivity contribution < 1.29 is 4.74 Å². The minimum absolute atomic E-state index is 0.422. The van der Waals surface area contributed by atoms with E-state index in [1.165, 1.54) is 0 Å². The first-order valence-corrected chi connectivity index (χ1v) is 4.77. The van der Waals surface area contributed by atoms with Gasteiger partial charge in [0.25, 0.3) is 0 Å². The Balaban J connectivity index is 2.52. The predicted octanol–water partition coefficient (Wildman–Crippen LogP) is 0.235. The molecule has 0 unspecified atom stereocenters. The number of hydrogen-bond donors (Lipinski definition) is 2. The number of nitrogens with one attached hydrogen (secondary N) is 1. The molecule has 0 aliphatic heterocycles. The Bertz CT molecular complexity index is 294. The van der Waals surface area contributed by atoms with Gasteiger partial charge in [0.2, 0.25) is 5.95 Å². The van der Waals surface area contributed by atoms with Gasteiger partial charge in [-0.05, 0) is 12.5 Å². The second-order valence-electron chi connectivity index (χ2n) is 3.15. The fourth-order valence-electron chi connectivity index (χ4n) is 1.19. The van der Waals surface area contributed by atoms with Gasteiger partial charge in [-0.25, -0.2) is 10.8 Å². The number of nitrogens with zero attached hydrogens (tertiary/aromatic N) is 3. The maximum absolute atomic E-state index is 5.23. The molecule has 1 aromatic heterocycles. The van der Waals surface area contributed by atoms with Crippen molar-refractivity contribution in [3.8, 4) is 0 Å². The number of aromatic nitrogens is 2. The summed E-state index contributed by atoms with van der Waals surface area (Å²) in [6.45, 7) is 1.63. The van der Waals surface area contributed by atoms with Crippen molar-refractivity contribution >= 4 is 11.8 Å². The molecule has 6 heteroatoms. The van der Waals surface area contributed by atoms with Crippen molar-refractivity contribution in [2.45, 2.75) is 6.42 Å². The maximum Gasteiger partial charge on any atom is 0.239 e. The number of hydrazine groups is 1. The van der Waals surface area contributed by atoms with E-state index in [-0.39, 0.29) is 0 Å². The van der Waals surface area contributed by atoms with Crippen LogP contribution in [0.4, 0.5) is 11.8 Å². The average molecular weight is 211 g/mol. The fraction of sp³-hybridized carbons (Fsp3) is 0.556. The smallest absolute Gasteiger partial charge is 0.239 e. The highest BCUT2D eigenvalue weighted by Gasteiger charge is 2.03. The molecule has 1 aromatic rings. The lowest BCUT2D eigenvalue weighted by Crippen LogP contribution is -2.22. The van der Waals surface area contributed by atoms with Gasteiger partial charge >= 0.3 is 0 Å². The summed E-state index contributed by atoms with van der Waals surface area (Å²) >= 11 is 0. The molecule has 1 heterocycles. The summed E-state index contributed by atoms with van der Waals surface area (Å²) in [5, 5.41) is 0. The molecule has 0 saturated carbocycles. The Morgan fingerprint density at radius 3 is 3.07 bits per heavy atom. The van der Waals surface area contributed by atoms with Gasteiger partial charge in [-0.15, -0.1) is 0 Å². The highest BCUT2D eigenvalue weighted by atomic mass is 16.5. The second-order valence-corrected chi connectivity index (χ2v) is 3.15. The van der Waals surface area contributed by atoms with Crippen LogP contribution >= 0.6 is 0 Å². The first kappa shape index (κ1) is 11.7. The van der Waals surface area contributed by atoms with E-state index in [2.05, 4.69) is 15.4 Å². The molecule has 0 bridgehead atoms. The molecule has 0 radical (unpaired) electrons. The van der Waals surface area contributed by atoms with Crippen LogP contribution in [0.1, 0.15) is 6.42 Å². The molecule has 0 fully saturated rings. The van der Waals surface area contributed by atoms with Crippen molar-refractivity contribution in [2.75, 3.05) is 37.6 Å². The molecule has 0 spiro atoms. The second kappa shape index (κ2) is 6.15. The van der Waals surface area contributed by atoms with E-state index < -0.39 is 0 Å². The third-order valence-corrected chi connectivity index (χ3v) is 2.00. The quantitative estimate of drug-likeness (QED) is 0.398. The Hall–Kier alpha value is -1.40. The SMILES string of the molecule is COCCCN(C)c1ccnc(NN)n1. The molecular formula is C9H17N5O. The number of hydrogen-bond acceptors (Lipinski definition) is 6. The molecule has 0 saturated heterocycles. The van der Waals surface area contributed by atoms with Gasteiger partial charge in [0.05, 0.1) is 0 Å². The van der Waals surface area contributed by atoms with Crippen molar-refractivity contribution in [2.24, 2.45) is 5.84 Å². The van der Waals surface area contributed by atoms with E-state index in [1.54, 1.807) is 13.3 Å². The van der Waals surface area contributed by atoms with Crippen molar-refractivity contribution in [1.29, 1.82) is 0 Å². The van der Waals surface area contributed by atoms with Crippen LogP contribution in [0.15, 0.2) is 12.3 Å². The number of anilines is 2. The topological polar surface area (TPSA) is 76.3 Å². The highest BCUT2D eigenvalue weighted by molar-refractivity contribution is 5.40. The summed E-state index contributed by atoms with van der Waals surface area (Å²) in [6, 6.07) is 1.84. The lowest BCUT2D eigenvalue weighted by molar-refractivity contribution is 0.196. The zero-order valence-electron chi connectivity index (χ0n) is 9.10. The lowest BCUT2D eigenvalue weighted by atomic mass is 10.4. The van der Waals surface area contributed by atoms with E-state index in [0.717, 1.165) is 25.4 Å². The molecule has 1 rings (SSSR count). The average Bonchev–Trinajstić information content (AvgIpc) is 2.29. The van der Waals surface area contributed by atoms with Gasteiger partial charge in [0, 0.05) is 33.5 Å². The van der Waals surface area contributed by atoms with Crippen LogP contribution < -0.4 is 16.2 Å². The van der Waals surface area contributed by atoms with E-state index in [9.17, 15) is 0 Å². The Kier molecular flexibility index (Phi) is 4.79. The summed E-state index contributed by atoms with van der Waals surface area (Å²) in [5.41, 5.74) is 2.42. The Labute approximate surface area is 89.4 Å². The van der Waals surface area contributed by atoms with Crippen LogP contribution in [0.5, 0.6) is 0 Å². The Morgan fingerprint density at radius 1 is 1.60 bits per heavy atom. The zero-order valence-corrected chi connectivity index (χ0v) is 9.10. The molecular weight excluding hydrogens is 194 g/mol. The van der Waals surface area contributed by atoms with Crippen LogP contribution in [0.25, 0.3) is 0 Å². The first-order chi connectivity index (χ1) is 7.27. The zero-order chi connectivity index (χ0) is 11.1. The van der Waals surface area contributed by atoms with Crippen LogP contribution in [0.2, 0.25) is 0 Å². The van der Waals surface area contributed by atoms with Gasteiger partial charge in [0.15, 0.2) is 0 Å². The fourth-order valence-corrected chi connectivity index (χ4v) is 1.19. The van der Waals surface area contributed by atoms with Crippen LogP contribution in [-0.4, -0.2) is 37.3 Å². The number of ether oxygens (including phenoxy) is 1. The van der Waals surface area contributed by atoms with Crippen molar-refractivity contribution in [3.63, 3.8) is 0 Å². The molecule has 0 aliphatic carbocycles. The summed E-state index contributed by atoms with van der Waals surface area (Å²) < 4.78 is 4.98. The first-order valence-electron chi connectivity index (χ1n) is 4.77. The number of rotatable bonds is 6. The molecule has 6 nitrogen and oxygen atoms in total. The molecule has 0 atom stereocenters. The van der Waals surface area contributed by atoms with E-state index in [4.69, 9.17) is 10.6 Å². The van der Waals surface area contributed by atoms with Gasteiger partial charge in [-0.3, -0.25) is 5.43 Å².